The highest BCUT2D eigenvalue weighted by atomic mass is 19.4. The fourth-order valence-electron chi connectivity index (χ4n) is 2.69. The minimum Gasteiger partial charge on any atom is -0.463 e. The first-order chi connectivity index (χ1) is 11.6. The molecule has 2 heterocycles. The highest BCUT2D eigenvalue weighted by Gasteiger charge is 2.51. The zero-order valence-electron chi connectivity index (χ0n) is 13.5. The Hall–Kier alpha value is -2.77. The van der Waals surface area contributed by atoms with Gasteiger partial charge in [-0.3, -0.25) is 9.69 Å². The van der Waals surface area contributed by atoms with Crippen molar-refractivity contribution in [1.82, 2.24) is 10.2 Å². The molecular formula is C17H15F3N2O3. The molecule has 0 unspecified atom stereocenters. The number of carbonyl (C=O) groups excluding carboxylic acids is 2. The standard InChI is InChI=1S/C17H15F3N2O3/c1-10-3-8-13(25-10)16(2)14(23)22(15(24)21-16)9-11-4-6-12(7-5-11)17(18,19)20/h3-8H,9H2,1-2H3,(H,21,24)/t16-/m1/s1. The van der Waals surface area contributed by atoms with Crippen LogP contribution in [0.3, 0.4) is 0 Å². The number of alkyl halides is 3. The SMILES string of the molecule is Cc1ccc([C@@]2(C)NC(=O)N(Cc3ccc(C(F)(F)F)cc3)C2=O)o1. The Kier molecular flexibility index (Phi) is 3.85. The van der Waals surface area contributed by atoms with Gasteiger partial charge in [-0.2, -0.15) is 13.2 Å². The number of nitrogens with one attached hydrogen (secondary N) is 1. The van der Waals surface area contributed by atoms with Gasteiger partial charge >= 0.3 is 12.2 Å². The number of furan rings is 1. The molecule has 8 heteroatoms. The van der Waals surface area contributed by atoms with Crippen LogP contribution < -0.4 is 5.32 Å². The number of hydrogen-bond donors (Lipinski definition) is 1. The van der Waals surface area contributed by atoms with Crippen LogP contribution >= 0.6 is 0 Å². The van der Waals surface area contributed by atoms with E-state index in [0.717, 1.165) is 17.0 Å². The van der Waals surface area contributed by atoms with Crippen LogP contribution in [0.2, 0.25) is 0 Å². The van der Waals surface area contributed by atoms with Gasteiger partial charge in [-0.25, -0.2) is 4.79 Å². The molecule has 0 aliphatic carbocycles. The summed E-state index contributed by atoms with van der Waals surface area (Å²) in [5.41, 5.74) is -1.71. The van der Waals surface area contributed by atoms with E-state index in [9.17, 15) is 22.8 Å². The second-order valence-electron chi connectivity index (χ2n) is 6.05. The first-order valence-corrected chi connectivity index (χ1v) is 7.48. The number of halogens is 3. The summed E-state index contributed by atoms with van der Waals surface area (Å²) >= 11 is 0. The highest BCUT2D eigenvalue weighted by molar-refractivity contribution is 6.06. The molecule has 1 N–H and O–H groups in total. The first-order valence-electron chi connectivity index (χ1n) is 7.48. The number of aryl methyl sites for hydroxylation is 1. The molecule has 1 fully saturated rings. The van der Waals surface area contributed by atoms with Crippen molar-refractivity contribution in [2.24, 2.45) is 0 Å². The number of urea groups is 1. The fraction of sp³-hybridized carbons (Fsp3) is 0.294. The number of benzene rings is 1. The monoisotopic (exact) mass is 352 g/mol. The maximum absolute atomic E-state index is 12.7. The molecular weight excluding hydrogens is 337 g/mol. The molecule has 25 heavy (non-hydrogen) atoms. The number of hydrogen-bond acceptors (Lipinski definition) is 3. The molecule has 1 atom stereocenters. The summed E-state index contributed by atoms with van der Waals surface area (Å²) in [6, 6.07) is 6.99. The summed E-state index contributed by atoms with van der Waals surface area (Å²) in [7, 11) is 0. The smallest absolute Gasteiger partial charge is 0.416 e. The molecule has 1 aromatic heterocycles. The minimum atomic E-state index is -4.44. The summed E-state index contributed by atoms with van der Waals surface area (Å²) in [4.78, 5) is 25.8. The number of carbonyl (C=O) groups is 2. The molecule has 0 spiro atoms. The topological polar surface area (TPSA) is 62.6 Å². The van der Waals surface area contributed by atoms with Crippen molar-refractivity contribution >= 4 is 11.9 Å². The number of nitrogens with zero attached hydrogens (tertiary/aromatic N) is 1. The number of amides is 3. The average Bonchev–Trinajstić information content (AvgIpc) is 3.06. The van der Waals surface area contributed by atoms with Crippen molar-refractivity contribution in [2.45, 2.75) is 32.1 Å². The van der Waals surface area contributed by atoms with Gasteiger partial charge in [0.1, 0.15) is 11.5 Å². The third-order valence-corrected chi connectivity index (χ3v) is 4.13. The predicted octanol–water partition coefficient (Wildman–Crippen LogP) is 3.57. The Bertz CT molecular complexity index is 826. The Morgan fingerprint density at radius 2 is 1.76 bits per heavy atom. The lowest BCUT2D eigenvalue weighted by Crippen LogP contribution is -2.40. The van der Waals surface area contributed by atoms with Crippen molar-refractivity contribution in [3.63, 3.8) is 0 Å². The Labute approximate surface area is 141 Å². The van der Waals surface area contributed by atoms with Crippen LogP contribution in [-0.4, -0.2) is 16.8 Å². The largest absolute Gasteiger partial charge is 0.463 e. The Morgan fingerprint density at radius 3 is 2.28 bits per heavy atom. The van der Waals surface area contributed by atoms with Crippen LogP contribution in [0.4, 0.5) is 18.0 Å². The molecule has 5 nitrogen and oxygen atoms in total. The second kappa shape index (κ2) is 5.65. The predicted molar refractivity (Wildman–Crippen MR) is 81.3 cm³/mol. The number of rotatable bonds is 3. The average molecular weight is 352 g/mol. The molecule has 0 bridgehead atoms. The molecule has 132 valence electrons. The molecule has 0 saturated carbocycles. The third-order valence-electron chi connectivity index (χ3n) is 4.13. The van der Waals surface area contributed by atoms with E-state index < -0.39 is 29.2 Å². The van der Waals surface area contributed by atoms with Crippen LogP contribution in [0.5, 0.6) is 0 Å². The van der Waals surface area contributed by atoms with E-state index in [1.165, 1.54) is 19.1 Å². The second-order valence-corrected chi connectivity index (χ2v) is 6.05. The molecule has 3 rings (SSSR count). The minimum absolute atomic E-state index is 0.127. The van der Waals surface area contributed by atoms with Crippen LogP contribution in [0.25, 0.3) is 0 Å². The lowest BCUT2D eigenvalue weighted by atomic mass is 9.99. The zero-order chi connectivity index (χ0) is 18.4. The summed E-state index contributed by atoms with van der Waals surface area (Å²) in [6.45, 7) is 3.12. The summed E-state index contributed by atoms with van der Waals surface area (Å²) in [5, 5.41) is 2.58. The molecule has 2 aromatic rings. The van der Waals surface area contributed by atoms with E-state index in [1.54, 1.807) is 19.1 Å². The molecule has 3 amide bonds. The van der Waals surface area contributed by atoms with Crippen molar-refractivity contribution in [2.75, 3.05) is 0 Å². The molecule has 1 aromatic carbocycles. The van der Waals surface area contributed by atoms with E-state index in [-0.39, 0.29) is 6.54 Å². The summed E-state index contributed by atoms with van der Waals surface area (Å²) in [6.07, 6.45) is -4.44. The maximum atomic E-state index is 12.7. The third kappa shape index (κ3) is 2.99. The van der Waals surface area contributed by atoms with Gasteiger partial charge in [0.15, 0.2) is 5.54 Å². The van der Waals surface area contributed by atoms with Gasteiger partial charge in [0.25, 0.3) is 5.91 Å². The summed E-state index contributed by atoms with van der Waals surface area (Å²) in [5.74, 6) is 0.379. The van der Waals surface area contributed by atoms with E-state index in [4.69, 9.17) is 4.42 Å². The molecule has 1 aliphatic heterocycles. The van der Waals surface area contributed by atoms with Crippen LogP contribution in [0.1, 0.15) is 29.6 Å². The normalized spacial score (nSPS) is 20.9. The van der Waals surface area contributed by atoms with Crippen LogP contribution in [0.15, 0.2) is 40.8 Å². The summed E-state index contributed by atoms with van der Waals surface area (Å²) < 4.78 is 43.3. The lowest BCUT2D eigenvalue weighted by Gasteiger charge is -2.19. The van der Waals surface area contributed by atoms with Crippen LogP contribution in [0, 0.1) is 6.92 Å². The van der Waals surface area contributed by atoms with Crippen molar-refractivity contribution < 1.29 is 27.2 Å². The van der Waals surface area contributed by atoms with Crippen LogP contribution in [-0.2, 0) is 23.1 Å². The van der Waals surface area contributed by atoms with Gasteiger partial charge < -0.3 is 9.73 Å². The van der Waals surface area contributed by atoms with Gasteiger partial charge in [0.2, 0.25) is 0 Å². The molecule has 1 saturated heterocycles. The van der Waals surface area contributed by atoms with Crippen molar-refractivity contribution in [3.8, 4) is 0 Å². The van der Waals surface area contributed by atoms with E-state index in [2.05, 4.69) is 5.32 Å². The van der Waals surface area contributed by atoms with E-state index in [0.29, 0.717) is 17.1 Å². The van der Waals surface area contributed by atoms with Gasteiger partial charge in [-0.1, -0.05) is 12.1 Å². The van der Waals surface area contributed by atoms with Gasteiger partial charge in [0.05, 0.1) is 12.1 Å². The quantitative estimate of drug-likeness (QED) is 0.859. The Balaban J connectivity index is 1.82. The van der Waals surface area contributed by atoms with Gasteiger partial charge in [0, 0.05) is 0 Å². The molecule has 0 radical (unpaired) electrons. The maximum Gasteiger partial charge on any atom is 0.416 e. The first kappa shape index (κ1) is 17.1. The van der Waals surface area contributed by atoms with E-state index >= 15 is 0 Å². The Morgan fingerprint density at radius 1 is 1.12 bits per heavy atom. The fourth-order valence-corrected chi connectivity index (χ4v) is 2.69. The van der Waals surface area contributed by atoms with E-state index in [1.807, 2.05) is 0 Å². The van der Waals surface area contributed by atoms with Gasteiger partial charge in [-0.05, 0) is 43.7 Å². The van der Waals surface area contributed by atoms with Crippen molar-refractivity contribution in [1.29, 1.82) is 0 Å². The molecule has 1 aliphatic rings. The van der Waals surface area contributed by atoms with Crippen molar-refractivity contribution in [3.05, 3.63) is 59.0 Å². The lowest BCUT2D eigenvalue weighted by molar-refractivity contribution is -0.137. The highest BCUT2D eigenvalue weighted by Crippen LogP contribution is 2.32. The van der Waals surface area contributed by atoms with Gasteiger partial charge in [-0.15, -0.1) is 0 Å². The number of imide groups is 1. The zero-order valence-corrected chi connectivity index (χ0v) is 13.5.